The topological polar surface area (TPSA) is 17.8 Å². The van der Waals surface area contributed by atoms with Crippen LogP contribution in [0.4, 0.5) is 13.2 Å². The predicted molar refractivity (Wildman–Crippen MR) is 56.0 cm³/mol. The van der Waals surface area contributed by atoms with Gasteiger partial charge in [-0.2, -0.15) is 13.2 Å². The van der Waals surface area contributed by atoms with Crippen LogP contribution >= 0.6 is 0 Å². The van der Waals surface area contributed by atoms with E-state index < -0.39 is 11.9 Å². The molecule has 0 saturated carbocycles. The van der Waals surface area contributed by atoms with Crippen LogP contribution in [0.5, 0.6) is 0 Å². The number of halogens is 3. The molecule has 2 nitrogen and oxygen atoms in total. The molecule has 16 heavy (non-hydrogen) atoms. The summed E-state index contributed by atoms with van der Waals surface area (Å²) < 4.78 is 38.5. The standard InChI is InChI=1S/C11H17F3N2/c1-8(2)5-4-6-10-15-9(7-16(10)3)11(12,13)14/h7-8H,4-6H2,1-3H3. The Morgan fingerprint density at radius 1 is 1.38 bits per heavy atom. The van der Waals surface area contributed by atoms with E-state index in [4.69, 9.17) is 0 Å². The smallest absolute Gasteiger partial charge is 0.337 e. The van der Waals surface area contributed by atoms with Crippen LogP contribution in [0.2, 0.25) is 0 Å². The molecule has 0 aliphatic carbocycles. The van der Waals surface area contributed by atoms with Crippen molar-refractivity contribution in [2.75, 3.05) is 0 Å². The molecule has 0 N–H and O–H groups in total. The van der Waals surface area contributed by atoms with E-state index in [9.17, 15) is 13.2 Å². The second-order valence-corrected chi connectivity index (χ2v) is 4.44. The van der Waals surface area contributed by atoms with Gasteiger partial charge >= 0.3 is 6.18 Å². The van der Waals surface area contributed by atoms with Crippen molar-refractivity contribution in [1.82, 2.24) is 9.55 Å². The van der Waals surface area contributed by atoms with Crippen LogP contribution in [0.3, 0.4) is 0 Å². The summed E-state index contributed by atoms with van der Waals surface area (Å²) >= 11 is 0. The molecule has 0 aliphatic heterocycles. The third-order valence-electron chi connectivity index (χ3n) is 2.44. The van der Waals surface area contributed by atoms with Gasteiger partial charge in [-0.05, 0) is 12.3 Å². The van der Waals surface area contributed by atoms with Crippen molar-refractivity contribution in [2.45, 2.75) is 39.3 Å². The van der Waals surface area contributed by atoms with Crippen LogP contribution in [0.1, 0.15) is 38.2 Å². The Morgan fingerprint density at radius 3 is 2.44 bits per heavy atom. The Hall–Kier alpha value is -1.00. The molecule has 0 aliphatic rings. The van der Waals surface area contributed by atoms with Gasteiger partial charge < -0.3 is 4.57 Å². The van der Waals surface area contributed by atoms with E-state index in [1.807, 2.05) is 0 Å². The summed E-state index contributed by atoms with van der Waals surface area (Å²) in [4.78, 5) is 3.62. The Balaban J connectivity index is 2.64. The number of aromatic nitrogens is 2. The van der Waals surface area contributed by atoms with Gasteiger partial charge in [0.15, 0.2) is 5.69 Å². The largest absolute Gasteiger partial charge is 0.434 e. The minimum absolute atomic E-state index is 0.507. The van der Waals surface area contributed by atoms with E-state index in [1.54, 1.807) is 7.05 Å². The quantitative estimate of drug-likeness (QED) is 0.780. The summed E-state index contributed by atoms with van der Waals surface area (Å²) in [6, 6.07) is 0. The van der Waals surface area contributed by atoms with Gasteiger partial charge in [0.25, 0.3) is 0 Å². The van der Waals surface area contributed by atoms with Crippen LogP contribution in [-0.4, -0.2) is 9.55 Å². The van der Waals surface area contributed by atoms with Crippen LogP contribution < -0.4 is 0 Å². The number of rotatable bonds is 4. The van der Waals surface area contributed by atoms with Crippen molar-refractivity contribution in [3.63, 3.8) is 0 Å². The van der Waals surface area contributed by atoms with Crippen molar-refractivity contribution in [1.29, 1.82) is 0 Å². The second kappa shape index (κ2) is 4.89. The second-order valence-electron chi connectivity index (χ2n) is 4.44. The van der Waals surface area contributed by atoms with Gasteiger partial charge in [-0.1, -0.05) is 20.3 Å². The fourth-order valence-corrected chi connectivity index (χ4v) is 1.54. The maximum atomic E-state index is 12.4. The molecule has 0 radical (unpaired) electrons. The van der Waals surface area contributed by atoms with Crippen LogP contribution in [-0.2, 0) is 19.6 Å². The summed E-state index contributed by atoms with van der Waals surface area (Å²) in [5.41, 5.74) is -0.797. The fraction of sp³-hybridized carbons (Fsp3) is 0.727. The molecule has 0 aromatic carbocycles. The minimum atomic E-state index is -4.34. The summed E-state index contributed by atoms with van der Waals surface area (Å²) in [5.74, 6) is 1.08. The zero-order valence-corrected chi connectivity index (χ0v) is 9.80. The average Bonchev–Trinajstić information content (AvgIpc) is 2.46. The van der Waals surface area contributed by atoms with Crippen molar-refractivity contribution >= 4 is 0 Å². The SMILES string of the molecule is CC(C)CCCc1nc(C(F)(F)F)cn1C. The Kier molecular flexibility index (Phi) is 3.99. The van der Waals surface area contributed by atoms with Gasteiger partial charge in [-0.25, -0.2) is 4.98 Å². The van der Waals surface area contributed by atoms with Gasteiger partial charge in [-0.15, -0.1) is 0 Å². The highest BCUT2D eigenvalue weighted by Gasteiger charge is 2.34. The Bertz CT molecular complexity index is 339. The molecule has 0 spiro atoms. The van der Waals surface area contributed by atoms with Gasteiger partial charge in [0.2, 0.25) is 0 Å². The first-order valence-corrected chi connectivity index (χ1v) is 5.40. The van der Waals surface area contributed by atoms with Crippen LogP contribution in [0.15, 0.2) is 6.20 Å². The maximum Gasteiger partial charge on any atom is 0.434 e. The molecule has 0 unspecified atom stereocenters. The van der Waals surface area contributed by atoms with E-state index in [2.05, 4.69) is 18.8 Å². The van der Waals surface area contributed by atoms with Gasteiger partial charge in [0.05, 0.1) is 0 Å². The molecule has 0 fully saturated rings. The van der Waals surface area contributed by atoms with Crippen molar-refractivity contribution < 1.29 is 13.2 Å². The van der Waals surface area contributed by atoms with Gasteiger partial charge in [0, 0.05) is 19.7 Å². The number of hydrogen-bond acceptors (Lipinski definition) is 1. The molecule has 1 heterocycles. The molecule has 5 heteroatoms. The molecular formula is C11H17F3N2. The molecule has 1 aromatic rings. The molecule has 0 atom stereocenters. The number of alkyl halides is 3. The lowest BCUT2D eigenvalue weighted by Gasteiger charge is -2.04. The Morgan fingerprint density at radius 2 is 2.00 bits per heavy atom. The highest BCUT2D eigenvalue weighted by Crippen LogP contribution is 2.28. The molecule has 0 bridgehead atoms. The van der Waals surface area contributed by atoms with Gasteiger partial charge in [-0.3, -0.25) is 0 Å². The molecule has 1 aromatic heterocycles. The van der Waals surface area contributed by atoms with E-state index in [1.165, 1.54) is 4.57 Å². The summed E-state index contributed by atoms with van der Waals surface area (Å²) in [5, 5.41) is 0. The zero-order chi connectivity index (χ0) is 12.3. The zero-order valence-electron chi connectivity index (χ0n) is 9.80. The van der Waals surface area contributed by atoms with E-state index in [-0.39, 0.29) is 0 Å². The van der Waals surface area contributed by atoms with Crippen molar-refractivity contribution in [2.24, 2.45) is 13.0 Å². The van der Waals surface area contributed by atoms with Crippen molar-refractivity contribution in [3.05, 3.63) is 17.7 Å². The monoisotopic (exact) mass is 234 g/mol. The van der Waals surface area contributed by atoms with E-state index in [0.29, 0.717) is 18.2 Å². The minimum Gasteiger partial charge on any atom is -0.337 e. The average molecular weight is 234 g/mol. The fourth-order valence-electron chi connectivity index (χ4n) is 1.54. The first kappa shape index (κ1) is 13.1. The highest BCUT2D eigenvalue weighted by molar-refractivity contribution is 5.07. The molecule has 1 rings (SSSR count). The number of imidazole rings is 1. The first-order valence-electron chi connectivity index (χ1n) is 5.40. The lowest BCUT2D eigenvalue weighted by Crippen LogP contribution is -2.05. The third-order valence-corrected chi connectivity index (χ3v) is 2.44. The molecule has 92 valence electrons. The molecular weight excluding hydrogens is 217 g/mol. The number of aryl methyl sites for hydroxylation is 2. The lowest BCUT2D eigenvalue weighted by molar-refractivity contribution is -0.141. The van der Waals surface area contributed by atoms with E-state index in [0.717, 1.165) is 19.0 Å². The maximum absolute atomic E-state index is 12.4. The summed E-state index contributed by atoms with van der Waals surface area (Å²) in [7, 11) is 1.60. The third kappa shape index (κ3) is 3.54. The van der Waals surface area contributed by atoms with Gasteiger partial charge in [0.1, 0.15) is 5.82 Å². The van der Waals surface area contributed by atoms with Crippen LogP contribution in [0.25, 0.3) is 0 Å². The van der Waals surface area contributed by atoms with Crippen molar-refractivity contribution in [3.8, 4) is 0 Å². The predicted octanol–water partition coefficient (Wildman–Crippen LogP) is 3.42. The summed E-state index contributed by atoms with van der Waals surface area (Å²) in [6.07, 6.45) is -0.808. The molecule has 0 saturated heterocycles. The number of nitrogens with zero attached hydrogens (tertiary/aromatic N) is 2. The Labute approximate surface area is 93.5 Å². The number of hydrogen-bond donors (Lipinski definition) is 0. The van der Waals surface area contributed by atoms with E-state index >= 15 is 0 Å². The van der Waals surface area contributed by atoms with Crippen LogP contribution in [0, 0.1) is 5.92 Å². The molecule has 0 amide bonds. The highest BCUT2D eigenvalue weighted by atomic mass is 19.4. The normalized spacial score (nSPS) is 12.4. The summed E-state index contributed by atoms with van der Waals surface area (Å²) in [6.45, 7) is 4.19. The lowest BCUT2D eigenvalue weighted by atomic mass is 10.1. The first-order chi connectivity index (χ1) is 7.30.